The van der Waals surface area contributed by atoms with Gasteiger partial charge in [0.25, 0.3) is 0 Å². The summed E-state index contributed by atoms with van der Waals surface area (Å²) in [6.45, 7) is 0.533. The van der Waals surface area contributed by atoms with Gasteiger partial charge < -0.3 is 9.73 Å². The molecule has 0 radical (unpaired) electrons. The van der Waals surface area contributed by atoms with Gasteiger partial charge in [0.15, 0.2) is 0 Å². The van der Waals surface area contributed by atoms with Crippen LogP contribution in [-0.4, -0.2) is 12.5 Å². The molecule has 3 nitrogen and oxygen atoms in total. The molecule has 0 spiro atoms. The highest BCUT2D eigenvalue weighted by Crippen LogP contribution is 2.03. The Bertz CT molecular complexity index is 491. The molecule has 1 heterocycles. The average Bonchev–Trinajstić information content (AvgIpc) is 2.84. The summed E-state index contributed by atoms with van der Waals surface area (Å²) in [6, 6.07) is 9.78. The number of halogens is 1. The Morgan fingerprint density at radius 1 is 1.22 bits per heavy atom. The molecule has 1 aromatic heterocycles. The topological polar surface area (TPSA) is 42.2 Å². The molecule has 2 aromatic rings. The van der Waals surface area contributed by atoms with E-state index in [1.54, 1.807) is 30.5 Å². The van der Waals surface area contributed by atoms with Gasteiger partial charge in [0, 0.05) is 6.54 Å². The van der Waals surface area contributed by atoms with Crippen LogP contribution in [0.1, 0.15) is 11.3 Å². The number of carbonyl (C=O) groups is 1. The van der Waals surface area contributed by atoms with E-state index in [1.165, 1.54) is 12.1 Å². The van der Waals surface area contributed by atoms with Crippen molar-refractivity contribution in [2.24, 2.45) is 0 Å². The molecule has 0 saturated heterocycles. The number of amides is 1. The summed E-state index contributed by atoms with van der Waals surface area (Å²) in [4.78, 5) is 11.5. The minimum absolute atomic E-state index is 0.0768. The van der Waals surface area contributed by atoms with E-state index in [9.17, 15) is 9.18 Å². The molecule has 0 aliphatic carbocycles. The fourth-order valence-electron chi connectivity index (χ4n) is 1.63. The lowest BCUT2D eigenvalue weighted by molar-refractivity contribution is -0.120. The number of nitrogens with one attached hydrogen (secondary N) is 1. The first-order valence-corrected chi connectivity index (χ1v) is 5.77. The second-order valence-corrected chi connectivity index (χ2v) is 3.98. The van der Waals surface area contributed by atoms with Gasteiger partial charge in [0.1, 0.15) is 11.6 Å². The molecule has 0 bridgehead atoms. The van der Waals surface area contributed by atoms with Crippen LogP contribution in [-0.2, 0) is 17.6 Å². The van der Waals surface area contributed by atoms with Crippen LogP contribution in [0.2, 0.25) is 0 Å². The number of carbonyl (C=O) groups excluding carboxylic acids is 1. The molecule has 0 aliphatic rings. The van der Waals surface area contributed by atoms with E-state index in [1.807, 2.05) is 0 Å². The van der Waals surface area contributed by atoms with Crippen LogP contribution in [0.3, 0.4) is 0 Å². The van der Waals surface area contributed by atoms with Gasteiger partial charge in [-0.25, -0.2) is 4.39 Å². The molecular weight excluding hydrogens is 233 g/mol. The molecular formula is C14H14FNO2. The van der Waals surface area contributed by atoms with Crippen LogP contribution >= 0.6 is 0 Å². The zero-order valence-electron chi connectivity index (χ0n) is 9.86. The molecule has 0 unspecified atom stereocenters. The summed E-state index contributed by atoms with van der Waals surface area (Å²) < 4.78 is 17.7. The van der Waals surface area contributed by atoms with Crippen LogP contribution in [0, 0.1) is 5.82 Å². The van der Waals surface area contributed by atoms with Crippen molar-refractivity contribution in [2.45, 2.75) is 12.8 Å². The van der Waals surface area contributed by atoms with Crippen molar-refractivity contribution in [2.75, 3.05) is 6.54 Å². The molecule has 1 amide bonds. The van der Waals surface area contributed by atoms with E-state index in [-0.39, 0.29) is 18.1 Å². The Kier molecular flexibility index (Phi) is 4.12. The summed E-state index contributed by atoms with van der Waals surface area (Å²) in [7, 11) is 0. The maximum atomic E-state index is 12.7. The summed E-state index contributed by atoms with van der Waals surface area (Å²) in [5, 5.41) is 2.79. The van der Waals surface area contributed by atoms with Gasteiger partial charge in [-0.3, -0.25) is 4.79 Å². The Morgan fingerprint density at radius 2 is 2.00 bits per heavy atom. The van der Waals surface area contributed by atoms with E-state index in [0.29, 0.717) is 18.7 Å². The van der Waals surface area contributed by atoms with E-state index in [4.69, 9.17) is 4.42 Å². The number of hydrogen-bond donors (Lipinski definition) is 1. The van der Waals surface area contributed by atoms with Crippen LogP contribution in [0.15, 0.2) is 47.1 Å². The molecule has 0 fully saturated rings. The minimum Gasteiger partial charge on any atom is -0.469 e. The minimum atomic E-state index is -0.249. The third-order valence-corrected chi connectivity index (χ3v) is 2.56. The monoisotopic (exact) mass is 247 g/mol. The summed E-state index contributed by atoms with van der Waals surface area (Å²) in [5.74, 6) is 0.321. The van der Waals surface area contributed by atoms with Crippen molar-refractivity contribution < 1.29 is 13.6 Å². The highest BCUT2D eigenvalue weighted by molar-refractivity contribution is 5.77. The second kappa shape index (κ2) is 6.00. The fourth-order valence-corrected chi connectivity index (χ4v) is 1.63. The number of rotatable bonds is 5. The van der Waals surface area contributed by atoms with Crippen molar-refractivity contribution in [1.29, 1.82) is 0 Å². The fraction of sp³-hybridized carbons (Fsp3) is 0.214. The first-order valence-electron chi connectivity index (χ1n) is 5.77. The second-order valence-electron chi connectivity index (χ2n) is 3.98. The Balaban J connectivity index is 1.72. The standard InChI is InChI=1S/C14H14FNO2/c15-12-5-3-11(4-6-12)7-8-16-14(17)10-13-2-1-9-18-13/h1-6,9H,7-8,10H2,(H,16,17). The molecule has 2 rings (SSSR count). The molecule has 0 atom stereocenters. The Labute approximate surface area is 105 Å². The summed E-state index contributed by atoms with van der Waals surface area (Å²) in [6.07, 6.45) is 2.47. The third-order valence-electron chi connectivity index (χ3n) is 2.56. The van der Waals surface area contributed by atoms with E-state index in [0.717, 1.165) is 5.56 Å². The zero-order valence-corrected chi connectivity index (χ0v) is 9.86. The van der Waals surface area contributed by atoms with E-state index >= 15 is 0 Å². The maximum absolute atomic E-state index is 12.7. The highest BCUT2D eigenvalue weighted by Gasteiger charge is 2.04. The maximum Gasteiger partial charge on any atom is 0.227 e. The lowest BCUT2D eigenvalue weighted by Crippen LogP contribution is -2.27. The van der Waals surface area contributed by atoms with Crippen molar-refractivity contribution in [1.82, 2.24) is 5.32 Å². The Morgan fingerprint density at radius 3 is 2.67 bits per heavy atom. The summed E-state index contributed by atoms with van der Waals surface area (Å²) >= 11 is 0. The van der Waals surface area contributed by atoms with Crippen molar-refractivity contribution in [3.05, 3.63) is 59.8 Å². The molecule has 18 heavy (non-hydrogen) atoms. The average molecular weight is 247 g/mol. The smallest absolute Gasteiger partial charge is 0.227 e. The molecule has 1 aromatic carbocycles. The van der Waals surface area contributed by atoms with Crippen molar-refractivity contribution in [3.63, 3.8) is 0 Å². The predicted molar refractivity (Wildman–Crippen MR) is 65.5 cm³/mol. The first kappa shape index (κ1) is 12.4. The predicted octanol–water partition coefficient (Wildman–Crippen LogP) is 2.32. The molecule has 1 N–H and O–H groups in total. The number of benzene rings is 1. The molecule has 94 valence electrons. The van der Waals surface area contributed by atoms with Gasteiger partial charge in [-0.05, 0) is 36.2 Å². The lowest BCUT2D eigenvalue weighted by atomic mass is 10.1. The Hall–Kier alpha value is -2.10. The lowest BCUT2D eigenvalue weighted by Gasteiger charge is -2.04. The first-order chi connectivity index (χ1) is 8.74. The van der Waals surface area contributed by atoms with Crippen LogP contribution < -0.4 is 5.32 Å². The van der Waals surface area contributed by atoms with Crippen molar-refractivity contribution >= 4 is 5.91 Å². The van der Waals surface area contributed by atoms with E-state index < -0.39 is 0 Å². The third kappa shape index (κ3) is 3.73. The quantitative estimate of drug-likeness (QED) is 0.881. The van der Waals surface area contributed by atoms with Gasteiger partial charge >= 0.3 is 0 Å². The van der Waals surface area contributed by atoms with Crippen LogP contribution in [0.5, 0.6) is 0 Å². The molecule has 0 saturated carbocycles. The number of furan rings is 1. The van der Waals surface area contributed by atoms with E-state index in [2.05, 4.69) is 5.32 Å². The van der Waals surface area contributed by atoms with Crippen LogP contribution in [0.25, 0.3) is 0 Å². The summed E-state index contributed by atoms with van der Waals surface area (Å²) in [5.41, 5.74) is 0.995. The van der Waals surface area contributed by atoms with Crippen LogP contribution in [0.4, 0.5) is 4.39 Å². The number of hydrogen-bond acceptors (Lipinski definition) is 2. The van der Waals surface area contributed by atoms with Gasteiger partial charge in [-0.2, -0.15) is 0 Å². The largest absolute Gasteiger partial charge is 0.469 e. The van der Waals surface area contributed by atoms with Gasteiger partial charge in [0.05, 0.1) is 12.7 Å². The molecule has 4 heteroatoms. The van der Waals surface area contributed by atoms with Crippen molar-refractivity contribution in [3.8, 4) is 0 Å². The highest BCUT2D eigenvalue weighted by atomic mass is 19.1. The normalized spacial score (nSPS) is 10.3. The van der Waals surface area contributed by atoms with Gasteiger partial charge in [0.2, 0.25) is 5.91 Å². The van der Waals surface area contributed by atoms with Gasteiger partial charge in [-0.15, -0.1) is 0 Å². The van der Waals surface area contributed by atoms with Gasteiger partial charge in [-0.1, -0.05) is 12.1 Å². The zero-order chi connectivity index (χ0) is 12.8. The SMILES string of the molecule is O=C(Cc1ccco1)NCCc1ccc(F)cc1. The molecule has 0 aliphatic heterocycles.